The molecule has 1 aromatic carbocycles. The van der Waals surface area contributed by atoms with Crippen molar-refractivity contribution in [2.75, 3.05) is 6.54 Å². The number of hydrogen-bond acceptors (Lipinski definition) is 2. The van der Waals surface area contributed by atoms with Gasteiger partial charge in [0.1, 0.15) is 0 Å². The van der Waals surface area contributed by atoms with Crippen LogP contribution >= 0.6 is 15.9 Å². The van der Waals surface area contributed by atoms with Crippen molar-refractivity contribution in [1.82, 2.24) is 14.9 Å². The van der Waals surface area contributed by atoms with Gasteiger partial charge in [0.05, 0.1) is 18.1 Å². The fraction of sp³-hybridized carbons (Fsp3) is 0.357. The number of halogens is 1. The van der Waals surface area contributed by atoms with E-state index in [1.165, 1.54) is 5.56 Å². The zero-order chi connectivity index (χ0) is 13.0. The van der Waals surface area contributed by atoms with Gasteiger partial charge in [-0.3, -0.25) is 0 Å². The largest absolute Gasteiger partial charge is 0.340 e. The van der Waals surface area contributed by atoms with Crippen LogP contribution in [0.15, 0.2) is 41.3 Å². The summed E-state index contributed by atoms with van der Waals surface area (Å²) in [7, 11) is 2.00. The second-order valence-electron chi connectivity index (χ2n) is 4.40. The highest BCUT2D eigenvalue weighted by molar-refractivity contribution is 9.10. The van der Waals surface area contributed by atoms with Crippen LogP contribution in [0.2, 0.25) is 0 Å². The summed E-state index contributed by atoms with van der Waals surface area (Å²) in [5.41, 5.74) is 2.41. The SMILES string of the molecule is CCNC(Cc1ccc(Br)cc1)c1cn(C)cn1. The summed E-state index contributed by atoms with van der Waals surface area (Å²) in [5, 5.41) is 3.49. The number of benzene rings is 1. The molecular weight excluding hydrogens is 290 g/mol. The van der Waals surface area contributed by atoms with E-state index in [1.807, 2.05) is 17.9 Å². The van der Waals surface area contributed by atoms with Crippen LogP contribution in [0.25, 0.3) is 0 Å². The minimum Gasteiger partial charge on any atom is -0.340 e. The van der Waals surface area contributed by atoms with Crippen molar-refractivity contribution in [2.45, 2.75) is 19.4 Å². The summed E-state index contributed by atoms with van der Waals surface area (Å²) < 4.78 is 3.10. The molecule has 0 radical (unpaired) electrons. The standard InChI is InChI=1S/C14H18BrN3/c1-3-16-13(14-9-18(2)10-17-14)8-11-4-6-12(15)7-5-11/h4-7,9-10,13,16H,3,8H2,1-2H3. The van der Waals surface area contributed by atoms with Crippen LogP contribution in [0, 0.1) is 0 Å². The Bertz CT molecular complexity index is 490. The van der Waals surface area contributed by atoms with Crippen molar-refractivity contribution in [2.24, 2.45) is 7.05 Å². The molecule has 1 atom stereocenters. The number of hydrogen-bond donors (Lipinski definition) is 1. The van der Waals surface area contributed by atoms with Gasteiger partial charge in [0.25, 0.3) is 0 Å². The zero-order valence-corrected chi connectivity index (χ0v) is 12.3. The summed E-state index contributed by atoms with van der Waals surface area (Å²) in [6, 6.07) is 8.74. The minimum atomic E-state index is 0.275. The van der Waals surface area contributed by atoms with Gasteiger partial charge < -0.3 is 9.88 Å². The quantitative estimate of drug-likeness (QED) is 0.920. The Morgan fingerprint density at radius 1 is 1.33 bits per heavy atom. The normalized spacial score (nSPS) is 12.6. The number of nitrogens with one attached hydrogen (secondary N) is 1. The van der Waals surface area contributed by atoms with Crippen molar-refractivity contribution in [1.29, 1.82) is 0 Å². The molecule has 0 saturated carbocycles. The third-order valence-corrected chi connectivity index (χ3v) is 3.41. The van der Waals surface area contributed by atoms with Gasteiger partial charge >= 0.3 is 0 Å². The molecule has 4 heteroatoms. The molecule has 2 rings (SSSR count). The summed E-state index contributed by atoms with van der Waals surface area (Å²) in [6.45, 7) is 3.06. The number of rotatable bonds is 5. The van der Waals surface area contributed by atoms with E-state index < -0.39 is 0 Å². The Hall–Kier alpha value is -1.13. The van der Waals surface area contributed by atoms with Gasteiger partial charge in [0.2, 0.25) is 0 Å². The van der Waals surface area contributed by atoms with Gasteiger partial charge in [-0.25, -0.2) is 4.98 Å². The molecule has 1 aromatic heterocycles. The second kappa shape index (κ2) is 6.16. The summed E-state index contributed by atoms with van der Waals surface area (Å²) >= 11 is 3.46. The predicted octanol–water partition coefficient (Wildman–Crippen LogP) is 3.08. The molecule has 3 nitrogen and oxygen atoms in total. The number of likely N-dealkylation sites (N-methyl/N-ethyl adjacent to an activating group) is 1. The Balaban J connectivity index is 2.13. The molecule has 0 aliphatic rings. The van der Waals surface area contributed by atoms with Crippen molar-refractivity contribution in [3.8, 4) is 0 Å². The van der Waals surface area contributed by atoms with E-state index >= 15 is 0 Å². The highest BCUT2D eigenvalue weighted by Crippen LogP contribution is 2.18. The van der Waals surface area contributed by atoms with E-state index in [9.17, 15) is 0 Å². The van der Waals surface area contributed by atoms with Crippen molar-refractivity contribution in [3.05, 3.63) is 52.5 Å². The third kappa shape index (κ3) is 3.43. The lowest BCUT2D eigenvalue weighted by Crippen LogP contribution is -2.23. The number of imidazole rings is 1. The Kier molecular flexibility index (Phi) is 4.55. The van der Waals surface area contributed by atoms with E-state index in [1.54, 1.807) is 0 Å². The lowest BCUT2D eigenvalue weighted by Gasteiger charge is -2.15. The molecule has 2 aromatic rings. The molecule has 0 bridgehead atoms. The van der Waals surface area contributed by atoms with Crippen LogP contribution in [0.3, 0.4) is 0 Å². The lowest BCUT2D eigenvalue weighted by molar-refractivity contribution is 0.538. The fourth-order valence-electron chi connectivity index (χ4n) is 2.00. The number of aromatic nitrogens is 2. The highest BCUT2D eigenvalue weighted by Gasteiger charge is 2.13. The van der Waals surface area contributed by atoms with Crippen LogP contribution in [-0.4, -0.2) is 16.1 Å². The summed E-state index contributed by atoms with van der Waals surface area (Å²) in [4.78, 5) is 4.44. The van der Waals surface area contributed by atoms with Crippen LogP contribution in [0.5, 0.6) is 0 Å². The lowest BCUT2D eigenvalue weighted by atomic mass is 10.0. The molecule has 0 saturated heterocycles. The molecule has 1 heterocycles. The highest BCUT2D eigenvalue weighted by atomic mass is 79.9. The van der Waals surface area contributed by atoms with Crippen LogP contribution in [0.4, 0.5) is 0 Å². The summed E-state index contributed by atoms with van der Waals surface area (Å²) in [6.07, 6.45) is 4.88. The first kappa shape index (κ1) is 13.3. The predicted molar refractivity (Wildman–Crippen MR) is 77.5 cm³/mol. The first-order valence-corrected chi connectivity index (χ1v) is 6.94. The van der Waals surface area contributed by atoms with Crippen LogP contribution in [-0.2, 0) is 13.5 Å². The van der Waals surface area contributed by atoms with Crippen molar-refractivity contribution < 1.29 is 0 Å². The molecule has 0 aliphatic carbocycles. The molecule has 0 fully saturated rings. The average molecular weight is 308 g/mol. The van der Waals surface area contributed by atoms with Crippen molar-refractivity contribution in [3.63, 3.8) is 0 Å². The maximum atomic E-state index is 4.44. The molecule has 0 aliphatic heterocycles. The first-order chi connectivity index (χ1) is 8.69. The molecule has 18 heavy (non-hydrogen) atoms. The van der Waals surface area contributed by atoms with Gasteiger partial charge in [-0.05, 0) is 30.7 Å². The minimum absolute atomic E-state index is 0.275. The van der Waals surface area contributed by atoms with Crippen LogP contribution < -0.4 is 5.32 Å². The molecule has 1 unspecified atom stereocenters. The maximum Gasteiger partial charge on any atom is 0.0947 e. The topological polar surface area (TPSA) is 29.9 Å². The fourth-order valence-corrected chi connectivity index (χ4v) is 2.26. The van der Waals surface area contributed by atoms with E-state index in [0.29, 0.717) is 0 Å². The molecule has 1 N–H and O–H groups in total. The van der Waals surface area contributed by atoms with E-state index in [2.05, 4.69) is 63.6 Å². The van der Waals surface area contributed by atoms with Crippen LogP contribution in [0.1, 0.15) is 24.2 Å². The zero-order valence-electron chi connectivity index (χ0n) is 10.7. The van der Waals surface area contributed by atoms with E-state index in [0.717, 1.165) is 23.1 Å². The van der Waals surface area contributed by atoms with Crippen molar-refractivity contribution >= 4 is 15.9 Å². The Morgan fingerprint density at radius 2 is 2.06 bits per heavy atom. The third-order valence-electron chi connectivity index (χ3n) is 2.89. The average Bonchev–Trinajstić information content (AvgIpc) is 2.78. The van der Waals surface area contributed by atoms with Gasteiger partial charge in [-0.15, -0.1) is 0 Å². The van der Waals surface area contributed by atoms with E-state index in [-0.39, 0.29) is 6.04 Å². The Morgan fingerprint density at radius 3 is 2.61 bits per heavy atom. The number of aryl methyl sites for hydroxylation is 1. The maximum absolute atomic E-state index is 4.44. The second-order valence-corrected chi connectivity index (χ2v) is 5.32. The van der Waals surface area contributed by atoms with Gasteiger partial charge in [0.15, 0.2) is 0 Å². The van der Waals surface area contributed by atoms with E-state index in [4.69, 9.17) is 0 Å². The molecule has 96 valence electrons. The monoisotopic (exact) mass is 307 g/mol. The van der Waals surface area contributed by atoms with Gasteiger partial charge in [0, 0.05) is 17.7 Å². The van der Waals surface area contributed by atoms with Gasteiger partial charge in [-0.1, -0.05) is 35.0 Å². The molecule has 0 spiro atoms. The smallest absolute Gasteiger partial charge is 0.0947 e. The first-order valence-electron chi connectivity index (χ1n) is 6.14. The number of nitrogens with zero attached hydrogens (tertiary/aromatic N) is 2. The Labute approximate surface area is 116 Å². The molecule has 0 amide bonds. The summed E-state index contributed by atoms with van der Waals surface area (Å²) in [5.74, 6) is 0. The molecular formula is C14H18BrN3. The van der Waals surface area contributed by atoms with Gasteiger partial charge in [-0.2, -0.15) is 0 Å².